The van der Waals surface area contributed by atoms with Crippen molar-refractivity contribution in [2.45, 2.75) is 46.3 Å². The predicted octanol–water partition coefficient (Wildman–Crippen LogP) is 2.41. The molecule has 4 nitrogen and oxygen atoms in total. The van der Waals surface area contributed by atoms with E-state index in [1.807, 2.05) is 27.7 Å². The first kappa shape index (κ1) is 18.6. The Hall–Kier alpha value is -1.46. The van der Waals surface area contributed by atoms with Gasteiger partial charge in [0.15, 0.2) is 0 Å². The molecule has 0 spiro atoms. The van der Waals surface area contributed by atoms with Crippen LogP contribution in [0.25, 0.3) is 0 Å². The molecule has 0 saturated heterocycles. The first-order valence-electron chi connectivity index (χ1n) is 7.52. The van der Waals surface area contributed by atoms with Gasteiger partial charge in [-0.15, -0.1) is 0 Å². The second-order valence-corrected chi connectivity index (χ2v) is 6.73. The van der Waals surface area contributed by atoms with Crippen molar-refractivity contribution in [1.82, 2.24) is 5.32 Å². The van der Waals surface area contributed by atoms with Gasteiger partial charge in [0.05, 0.1) is 18.6 Å². The van der Waals surface area contributed by atoms with Gasteiger partial charge in [0, 0.05) is 12.0 Å². The van der Waals surface area contributed by atoms with Crippen molar-refractivity contribution in [2.75, 3.05) is 6.54 Å². The molecule has 5 heteroatoms. The molecule has 22 heavy (non-hydrogen) atoms. The monoisotopic (exact) mass is 311 g/mol. The molecule has 0 heterocycles. The van der Waals surface area contributed by atoms with Gasteiger partial charge in [0.25, 0.3) is 0 Å². The average molecular weight is 311 g/mol. The van der Waals surface area contributed by atoms with Gasteiger partial charge in [-0.25, -0.2) is 4.39 Å². The third kappa shape index (κ3) is 5.39. The molecular weight excluding hydrogens is 285 g/mol. The maximum atomic E-state index is 13.1. The van der Waals surface area contributed by atoms with Crippen LogP contribution in [-0.4, -0.2) is 28.8 Å². The molecule has 0 bridgehead atoms. The van der Waals surface area contributed by atoms with Crippen LogP contribution >= 0.6 is 0 Å². The first-order chi connectivity index (χ1) is 10.1. The van der Waals surface area contributed by atoms with E-state index in [2.05, 4.69) is 5.32 Å². The lowest BCUT2D eigenvalue weighted by Gasteiger charge is -2.33. The van der Waals surface area contributed by atoms with Crippen molar-refractivity contribution in [3.8, 4) is 0 Å². The highest BCUT2D eigenvalue weighted by molar-refractivity contribution is 5.76. The maximum absolute atomic E-state index is 13.1. The lowest BCUT2D eigenvalue weighted by atomic mass is 9.80. The highest BCUT2D eigenvalue weighted by atomic mass is 19.1. The van der Waals surface area contributed by atoms with Crippen LogP contribution < -0.4 is 5.32 Å². The van der Waals surface area contributed by atoms with Crippen LogP contribution in [-0.2, 0) is 4.79 Å². The number of carbonyl (C=O) groups is 1. The van der Waals surface area contributed by atoms with Crippen molar-refractivity contribution in [3.05, 3.63) is 35.6 Å². The van der Waals surface area contributed by atoms with Gasteiger partial charge in [-0.05, 0) is 23.6 Å². The summed E-state index contributed by atoms with van der Waals surface area (Å²) in [6, 6.07) is 5.57. The zero-order valence-corrected chi connectivity index (χ0v) is 13.6. The molecule has 124 valence electrons. The van der Waals surface area contributed by atoms with Crippen LogP contribution in [0, 0.1) is 17.2 Å². The summed E-state index contributed by atoms with van der Waals surface area (Å²) in [5.41, 5.74) is -0.0928. The molecule has 3 N–H and O–H groups in total. The third-order valence-electron chi connectivity index (χ3n) is 3.79. The summed E-state index contributed by atoms with van der Waals surface area (Å²) in [6.07, 6.45) is -1.73. The Labute approximate surface area is 131 Å². The number of halogens is 1. The molecule has 0 fully saturated rings. The second-order valence-electron chi connectivity index (χ2n) is 6.73. The topological polar surface area (TPSA) is 69.6 Å². The molecule has 0 aliphatic heterocycles. The molecule has 0 aromatic heterocycles. The third-order valence-corrected chi connectivity index (χ3v) is 3.79. The van der Waals surface area contributed by atoms with E-state index in [9.17, 15) is 19.4 Å². The molecule has 2 atom stereocenters. The number of benzene rings is 1. The van der Waals surface area contributed by atoms with Gasteiger partial charge < -0.3 is 15.5 Å². The van der Waals surface area contributed by atoms with E-state index in [-0.39, 0.29) is 18.2 Å². The summed E-state index contributed by atoms with van der Waals surface area (Å²) in [6.45, 7) is 7.90. The molecule has 1 aromatic rings. The first-order valence-corrected chi connectivity index (χ1v) is 7.52. The number of carbonyl (C=O) groups excluding carboxylic acids is 1. The fourth-order valence-corrected chi connectivity index (χ4v) is 2.41. The summed E-state index contributed by atoms with van der Waals surface area (Å²) in [5.74, 6) is -0.691. The quantitative estimate of drug-likeness (QED) is 0.724. The summed E-state index contributed by atoms with van der Waals surface area (Å²) in [7, 11) is 0. The fraction of sp³-hybridized carbons (Fsp3) is 0.588. The van der Waals surface area contributed by atoms with Crippen molar-refractivity contribution < 1.29 is 19.4 Å². The Morgan fingerprint density at radius 2 is 1.95 bits per heavy atom. The SMILES string of the molecule is CC(C)C(O)C(C)(C)CNC(=O)CC(O)c1cccc(F)c1. The van der Waals surface area contributed by atoms with E-state index in [1.54, 1.807) is 6.07 Å². The molecule has 0 aliphatic carbocycles. The molecule has 2 unspecified atom stereocenters. The van der Waals surface area contributed by atoms with E-state index in [0.717, 1.165) is 0 Å². The molecule has 1 aromatic carbocycles. The highest BCUT2D eigenvalue weighted by Crippen LogP contribution is 2.25. The molecule has 0 radical (unpaired) electrons. The van der Waals surface area contributed by atoms with Gasteiger partial charge in [-0.2, -0.15) is 0 Å². The van der Waals surface area contributed by atoms with E-state index in [1.165, 1.54) is 18.2 Å². The van der Waals surface area contributed by atoms with E-state index in [0.29, 0.717) is 12.1 Å². The highest BCUT2D eigenvalue weighted by Gasteiger charge is 2.30. The van der Waals surface area contributed by atoms with Crippen LogP contribution in [0.1, 0.15) is 45.8 Å². The number of amides is 1. The number of hydrogen-bond acceptors (Lipinski definition) is 3. The minimum absolute atomic E-state index is 0.0878. The Balaban J connectivity index is 2.53. The molecule has 0 aliphatic rings. The van der Waals surface area contributed by atoms with Crippen molar-refractivity contribution in [3.63, 3.8) is 0 Å². The van der Waals surface area contributed by atoms with Crippen LogP contribution in [0.5, 0.6) is 0 Å². The van der Waals surface area contributed by atoms with Gasteiger partial charge in [0.1, 0.15) is 5.82 Å². The number of aliphatic hydroxyl groups is 2. The number of hydrogen-bond donors (Lipinski definition) is 3. The van der Waals surface area contributed by atoms with E-state index >= 15 is 0 Å². The van der Waals surface area contributed by atoms with Crippen molar-refractivity contribution >= 4 is 5.91 Å². The summed E-state index contributed by atoms with van der Waals surface area (Å²) >= 11 is 0. The largest absolute Gasteiger partial charge is 0.392 e. The minimum atomic E-state index is -1.05. The summed E-state index contributed by atoms with van der Waals surface area (Å²) in [5, 5.41) is 22.8. The van der Waals surface area contributed by atoms with Crippen LogP contribution in [0.4, 0.5) is 4.39 Å². The lowest BCUT2D eigenvalue weighted by Crippen LogP contribution is -2.43. The summed E-state index contributed by atoms with van der Waals surface area (Å²) in [4.78, 5) is 11.9. The van der Waals surface area contributed by atoms with Crippen LogP contribution in [0.15, 0.2) is 24.3 Å². The number of rotatable bonds is 7. The van der Waals surface area contributed by atoms with Gasteiger partial charge in [-0.1, -0.05) is 39.8 Å². The zero-order valence-electron chi connectivity index (χ0n) is 13.6. The maximum Gasteiger partial charge on any atom is 0.222 e. The van der Waals surface area contributed by atoms with Crippen LogP contribution in [0.3, 0.4) is 0 Å². The standard InChI is InChI=1S/C17H26FNO3/c1-11(2)16(22)17(3,4)10-19-15(21)9-14(20)12-6-5-7-13(18)8-12/h5-8,11,14,16,20,22H,9-10H2,1-4H3,(H,19,21). The summed E-state index contributed by atoms with van der Waals surface area (Å²) < 4.78 is 13.1. The number of nitrogens with one attached hydrogen (secondary N) is 1. The molecule has 1 amide bonds. The van der Waals surface area contributed by atoms with Gasteiger partial charge in [0.2, 0.25) is 5.91 Å². The normalized spacial score (nSPS) is 14.7. The van der Waals surface area contributed by atoms with Crippen LogP contribution in [0.2, 0.25) is 0 Å². The average Bonchev–Trinajstić information content (AvgIpc) is 2.44. The van der Waals surface area contributed by atoms with Gasteiger partial charge in [-0.3, -0.25) is 4.79 Å². The smallest absolute Gasteiger partial charge is 0.222 e. The van der Waals surface area contributed by atoms with E-state index < -0.39 is 23.4 Å². The Morgan fingerprint density at radius 1 is 1.32 bits per heavy atom. The predicted molar refractivity (Wildman–Crippen MR) is 83.6 cm³/mol. The number of aliphatic hydroxyl groups excluding tert-OH is 2. The fourth-order valence-electron chi connectivity index (χ4n) is 2.41. The Bertz CT molecular complexity index is 502. The van der Waals surface area contributed by atoms with Crippen molar-refractivity contribution in [1.29, 1.82) is 0 Å². The van der Waals surface area contributed by atoms with E-state index in [4.69, 9.17) is 0 Å². The Kier molecular flexibility index (Phi) is 6.50. The van der Waals surface area contributed by atoms with Gasteiger partial charge >= 0.3 is 0 Å². The molecular formula is C17H26FNO3. The molecule has 0 saturated carbocycles. The lowest BCUT2D eigenvalue weighted by molar-refractivity contribution is -0.124. The van der Waals surface area contributed by atoms with Crippen molar-refractivity contribution in [2.24, 2.45) is 11.3 Å². The zero-order chi connectivity index (χ0) is 16.9. The molecule has 1 rings (SSSR count). The second kappa shape index (κ2) is 7.70. The Morgan fingerprint density at radius 3 is 2.50 bits per heavy atom. The minimum Gasteiger partial charge on any atom is -0.392 e.